The second kappa shape index (κ2) is 3.45. The van der Waals surface area contributed by atoms with Crippen molar-refractivity contribution in [1.29, 1.82) is 0 Å². The van der Waals surface area contributed by atoms with Gasteiger partial charge in [0.05, 0.1) is 12.0 Å². The molecule has 1 aliphatic heterocycles. The van der Waals surface area contributed by atoms with Crippen LogP contribution in [0.2, 0.25) is 0 Å². The fourth-order valence-electron chi connectivity index (χ4n) is 2.54. The van der Waals surface area contributed by atoms with Crippen LogP contribution < -0.4 is 4.74 Å². The Morgan fingerprint density at radius 1 is 1.41 bits per heavy atom. The van der Waals surface area contributed by atoms with Crippen LogP contribution in [0.1, 0.15) is 30.4 Å². The van der Waals surface area contributed by atoms with Gasteiger partial charge in [-0.2, -0.15) is 0 Å². The number of hydrogen-bond acceptors (Lipinski definition) is 2. The summed E-state index contributed by atoms with van der Waals surface area (Å²) in [4.78, 5) is 11.3. The average Bonchev–Trinajstić information content (AvgIpc) is 3.10. The molecule has 0 saturated heterocycles. The number of carbonyl (C=O) groups is 1. The van der Waals surface area contributed by atoms with Gasteiger partial charge < -0.3 is 9.84 Å². The van der Waals surface area contributed by atoms with E-state index in [1.807, 2.05) is 0 Å². The van der Waals surface area contributed by atoms with Gasteiger partial charge in [-0.3, -0.25) is 4.79 Å². The lowest BCUT2D eigenvalue weighted by Gasteiger charge is -2.23. The number of fused-ring (bicyclic) bond motifs is 1. The van der Waals surface area contributed by atoms with Crippen LogP contribution in [0.4, 0.5) is 4.39 Å². The first-order valence-electron chi connectivity index (χ1n) is 5.83. The molecule has 0 atom stereocenters. The van der Waals surface area contributed by atoms with Crippen LogP contribution in [0.25, 0.3) is 0 Å². The maximum Gasteiger partial charge on any atom is 0.314 e. The Hall–Kier alpha value is -1.58. The lowest BCUT2D eigenvalue weighted by Crippen LogP contribution is -2.24. The van der Waals surface area contributed by atoms with Crippen molar-refractivity contribution in [3.05, 3.63) is 29.1 Å². The van der Waals surface area contributed by atoms with Crippen molar-refractivity contribution in [2.24, 2.45) is 0 Å². The van der Waals surface area contributed by atoms with E-state index in [0.29, 0.717) is 25.2 Å². The molecule has 0 spiro atoms. The highest BCUT2D eigenvalue weighted by Crippen LogP contribution is 2.53. The summed E-state index contributed by atoms with van der Waals surface area (Å²) in [5.74, 6) is -0.916. The van der Waals surface area contributed by atoms with E-state index in [9.17, 15) is 14.3 Å². The Morgan fingerprint density at radius 3 is 2.82 bits per heavy atom. The van der Waals surface area contributed by atoms with Gasteiger partial charge in [-0.15, -0.1) is 0 Å². The molecular weight excluding hydrogens is 223 g/mol. The van der Waals surface area contributed by atoms with E-state index in [-0.39, 0.29) is 5.56 Å². The van der Waals surface area contributed by atoms with E-state index in [1.54, 1.807) is 6.07 Å². The van der Waals surface area contributed by atoms with Crippen molar-refractivity contribution < 1.29 is 19.0 Å². The Balaban J connectivity index is 2.18. The summed E-state index contributed by atoms with van der Waals surface area (Å²) in [7, 11) is 0. The molecule has 90 valence electrons. The maximum absolute atomic E-state index is 13.9. The Bertz CT molecular complexity index is 492. The van der Waals surface area contributed by atoms with E-state index in [0.717, 1.165) is 18.4 Å². The molecule has 1 aromatic rings. The third-order valence-corrected chi connectivity index (χ3v) is 3.66. The van der Waals surface area contributed by atoms with Crippen LogP contribution in [0.3, 0.4) is 0 Å². The zero-order valence-corrected chi connectivity index (χ0v) is 9.33. The van der Waals surface area contributed by atoms with Gasteiger partial charge >= 0.3 is 5.97 Å². The van der Waals surface area contributed by atoms with Gasteiger partial charge in [-0.1, -0.05) is 6.07 Å². The summed E-state index contributed by atoms with van der Waals surface area (Å²) in [6.07, 6.45) is 2.73. The molecule has 0 radical (unpaired) electrons. The van der Waals surface area contributed by atoms with Crippen LogP contribution >= 0.6 is 0 Å². The fraction of sp³-hybridized carbons (Fsp3) is 0.462. The van der Waals surface area contributed by atoms with E-state index in [1.165, 1.54) is 6.07 Å². The number of rotatable bonds is 2. The van der Waals surface area contributed by atoms with Gasteiger partial charge in [0.1, 0.15) is 11.6 Å². The van der Waals surface area contributed by atoms with Gasteiger partial charge in [-0.25, -0.2) is 4.39 Å². The molecule has 0 aromatic heterocycles. The third-order valence-electron chi connectivity index (χ3n) is 3.66. The van der Waals surface area contributed by atoms with Gasteiger partial charge in [-0.05, 0) is 37.3 Å². The standard InChI is InChI=1S/C13H13FO3/c14-9-4-3-8-2-1-7-17-11(8)10(9)13(5-6-13)12(15)16/h3-4H,1-2,5-7H2,(H,15,16). The molecule has 17 heavy (non-hydrogen) atoms. The number of aryl methyl sites for hydroxylation is 1. The number of carboxylic acids is 1. The summed E-state index contributed by atoms with van der Waals surface area (Å²) in [5, 5.41) is 9.26. The minimum absolute atomic E-state index is 0.266. The Morgan fingerprint density at radius 2 is 2.18 bits per heavy atom. The smallest absolute Gasteiger partial charge is 0.314 e. The SMILES string of the molecule is O=C(O)C1(c2c(F)ccc3c2OCCC3)CC1. The van der Waals surface area contributed by atoms with Crippen molar-refractivity contribution >= 4 is 5.97 Å². The number of halogens is 1. The van der Waals surface area contributed by atoms with Crippen LogP contribution in [0, 0.1) is 5.82 Å². The van der Waals surface area contributed by atoms with Crippen molar-refractivity contribution in [2.45, 2.75) is 31.1 Å². The maximum atomic E-state index is 13.9. The van der Waals surface area contributed by atoms with Crippen molar-refractivity contribution in [3.8, 4) is 5.75 Å². The lowest BCUT2D eigenvalue weighted by atomic mass is 9.90. The van der Waals surface area contributed by atoms with E-state index < -0.39 is 17.2 Å². The molecular formula is C13H13FO3. The van der Waals surface area contributed by atoms with Gasteiger partial charge in [0.25, 0.3) is 0 Å². The molecule has 0 bridgehead atoms. The fourth-order valence-corrected chi connectivity index (χ4v) is 2.54. The summed E-state index contributed by atoms with van der Waals surface area (Å²) < 4.78 is 19.4. The molecule has 1 fully saturated rings. The topological polar surface area (TPSA) is 46.5 Å². The van der Waals surface area contributed by atoms with Crippen LogP contribution in [-0.4, -0.2) is 17.7 Å². The monoisotopic (exact) mass is 236 g/mol. The van der Waals surface area contributed by atoms with Crippen LogP contribution in [0.15, 0.2) is 12.1 Å². The minimum atomic E-state index is -1.03. The Kier molecular flexibility index (Phi) is 2.15. The first-order valence-corrected chi connectivity index (χ1v) is 5.83. The zero-order chi connectivity index (χ0) is 12.0. The molecule has 3 nitrogen and oxygen atoms in total. The third kappa shape index (κ3) is 1.43. The van der Waals surface area contributed by atoms with Crippen molar-refractivity contribution in [3.63, 3.8) is 0 Å². The second-order valence-electron chi connectivity index (χ2n) is 4.75. The van der Waals surface area contributed by atoms with Gasteiger partial charge in [0, 0.05) is 5.56 Å². The van der Waals surface area contributed by atoms with Gasteiger partial charge in [0.2, 0.25) is 0 Å². The number of ether oxygens (including phenoxy) is 1. The van der Waals surface area contributed by atoms with Crippen LogP contribution in [-0.2, 0) is 16.6 Å². The Labute approximate surface area is 98.2 Å². The molecule has 3 rings (SSSR count). The molecule has 1 N–H and O–H groups in total. The van der Waals surface area contributed by atoms with Crippen molar-refractivity contribution in [1.82, 2.24) is 0 Å². The molecule has 1 saturated carbocycles. The molecule has 2 aliphatic rings. The summed E-state index contributed by atoms with van der Waals surface area (Å²) in [6.45, 7) is 0.541. The molecule has 0 unspecified atom stereocenters. The normalized spacial score (nSPS) is 20.3. The highest BCUT2D eigenvalue weighted by Gasteiger charge is 2.55. The molecule has 1 aromatic carbocycles. The number of benzene rings is 1. The van der Waals surface area contributed by atoms with E-state index in [2.05, 4.69) is 0 Å². The lowest BCUT2D eigenvalue weighted by molar-refractivity contribution is -0.140. The first kappa shape index (κ1) is 10.6. The molecule has 1 heterocycles. The summed E-state index contributed by atoms with van der Waals surface area (Å²) in [6, 6.07) is 3.07. The predicted octanol–water partition coefficient (Wildman–Crippen LogP) is 2.27. The largest absolute Gasteiger partial charge is 0.493 e. The van der Waals surface area contributed by atoms with Crippen molar-refractivity contribution in [2.75, 3.05) is 6.61 Å². The first-order chi connectivity index (χ1) is 8.15. The van der Waals surface area contributed by atoms with E-state index in [4.69, 9.17) is 4.74 Å². The average molecular weight is 236 g/mol. The molecule has 1 aliphatic carbocycles. The number of aliphatic carboxylic acids is 1. The zero-order valence-electron chi connectivity index (χ0n) is 9.33. The quantitative estimate of drug-likeness (QED) is 0.856. The molecule has 4 heteroatoms. The van der Waals surface area contributed by atoms with E-state index >= 15 is 0 Å². The summed E-state index contributed by atoms with van der Waals surface area (Å²) in [5.41, 5.74) is 0.162. The number of carboxylic acid groups (broad SMARTS) is 1. The van der Waals surface area contributed by atoms with Gasteiger partial charge in [0.15, 0.2) is 0 Å². The second-order valence-corrected chi connectivity index (χ2v) is 4.75. The highest BCUT2D eigenvalue weighted by atomic mass is 19.1. The number of hydrogen-bond donors (Lipinski definition) is 1. The molecule has 0 amide bonds. The minimum Gasteiger partial charge on any atom is -0.493 e. The van der Waals surface area contributed by atoms with Crippen LogP contribution in [0.5, 0.6) is 5.75 Å². The summed E-state index contributed by atoms with van der Waals surface area (Å²) >= 11 is 0. The predicted molar refractivity (Wildman–Crippen MR) is 58.8 cm³/mol. The highest BCUT2D eigenvalue weighted by molar-refractivity contribution is 5.86.